The van der Waals surface area contributed by atoms with Crippen molar-refractivity contribution in [3.8, 4) is 5.75 Å². The lowest BCUT2D eigenvalue weighted by Crippen LogP contribution is -2.25. The molecule has 0 saturated carbocycles. The monoisotopic (exact) mass is 473 g/mol. The van der Waals surface area contributed by atoms with Crippen LogP contribution in [0.15, 0.2) is 48.7 Å². The molecule has 3 aromatic rings. The van der Waals surface area contributed by atoms with Gasteiger partial charge < -0.3 is 15.4 Å². The van der Waals surface area contributed by atoms with Gasteiger partial charge in [-0.15, -0.1) is 12.4 Å². The van der Waals surface area contributed by atoms with Crippen LogP contribution in [0.25, 0.3) is 0 Å². The Balaban J connectivity index is 0.00000289. The lowest BCUT2D eigenvalue weighted by Gasteiger charge is -2.15. The molecule has 0 aliphatic carbocycles. The van der Waals surface area contributed by atoms with Crippen LogP contribution in [0.5, 0.6) is 5.75 Å². The lowest BCUT2D eigenvalue weighted by molar-refractivity contribution is 0.238. The minimum absolute atomic E-state index is 0. The summed E-state index contributed by atoms with van der Waals surface area (Å²) in [4.78, 5) is 11.5. The van der Waals surface area contributed by atoms with Crippen LogP contribution in [0.1, 0.15) is 24.0 Å². The Bertz CT molecular complexity index is 1020. The Labute approximate surface area is 200 Å². The zero-order valence-corrected chi connectivity index (χ0v) is 20.0. The van der Waals surface area contributed by atoms with Crippen LogP contribution in [0.3, 0.4) is 0 Å². The number of ether oxygens (including phenoxy) is 1. The van der Waals surface area contributed by atoms with Gasteiger partial charge in [-0.1, -0.05) is 11.6 Å². The van der Waals surface area contributed by atoms with Gasteiger partial charge in [0.1, 0.15) is 18.2 Å². The van der Waals surface area contributed by atoms with Gasteiger partial charge in [0.05, 0.1) is 0 Å². The number of nitrogens with zero attached hydrogens (tertiary/aromatic N) is 3. The zero-order chi connectivity index (χ0) is 21.6. The summed E-state index contributed by atoms with van der Waals surface area (Å²) in [5.74, 6) is 2.15. The smallest absolute Gasteiger partial charge is 0.229 e. The molecule has 6 nitrogen and oxygen atoms in total. The molecule has 0 atom stereocenters. The first kappa shape index (κ1) is 24.1. The van der Waals surface area contributed by atoms with Gasteiger partial charge in [0.25, 0.3) is 0 Å². The third kappa shape index (κ3) is 6.48. The van der Waals surface area contributed by atoms with E-state index < -0.39 is 0 Å². The second-order valence-electron chi connectivity index (χ2n) is 7.86. The maximum absolute atomic E-state index is 6.12. The fourth-order valence-corrected chi connectivity index (χ4v) is 3.67. The summed E-state index contributed by atoms with van der Waals surface area (Å²) in [6.07, 6.45) is 4.41. The summed E-state index contributed by atoms with van der Waals surface area (Å²) in [5.41, 5.74) is 3.81. The highest BCUT2D eigenvalue weighted by molar-refractivity contribution is 6.31. The first-order valence-electron chi connectivity index (χ1n) is 10.7. The first-order chi connectivity index (χ1) is 15.1. The molecule has 0 spiro atoms. The summed E-state index contributed by atoms with van der Waals surface area (Å²) < 4.78 is 5.87. The number of nitrogens with one attached hydrogen (secondary N) is 2. The molecule has 4 rings (SSSR count). The van der Waals surface area contributed by atoms with Gasteiger partial charge >= 0.3 is 0 Å². The van der Waals surface area contributed by atoms with E-state index in [0.29, 0.717) is 12.6 Å². The van der Waals surface area contributed by atoms with Crippen molar-refractivity contribution in [2.75, 3.05) is 36.9 Å². The number of anilines is 4. The minimum Gasteiger partial charge on any atom is -0.492 e. The zero-order valence-electron chi connectivity index (χ0n) is 18.4. The van der Waals surface area contributed by atoms with Gasteiger partial charge in [-0.3, -0.25) is 4.90 Å². The first-order valence-corrected chi connectivity index (χ1v) is 11.0. The third-order valence-corrected chi connectivity index (χ3v) is 5.80. The predicted molar refractivity (Wildman–Crippen MR) is 134 cm³/mol. The number of hydrogen-bond donors (Lipinski definition) is 2. The standard InChI is InChI=1S/C24H28ClN5O.ClH/c1-17-15-20(7-10-22(17)25)27-23-18(2)16-26-24(29-23)28-19-5-8-21(9-6-19)31-14-13-30-11-3-4-12-30;/h5-10,15-16H,3-4,11-14H2,1-2H3,(H2,26,27,28,29);1H. The molecule has 2 aromatic carbocycles. The maximum Gasteiger partial charge on any atom is 0.229 e. The molecule has 0 unspecified atom stereocenters. The molecular formula is C24H29Cl2N5O. The number of aryl methyl sites for hydroxylation is 2. The summed E-state index contributed by atoms with van der Waals surface area (Å²) in [6, 6.07) is 13.7. The van der Waals surface area contributed by atoms with Gasteiger partial charge in [-0.25, -0.2) is 4.98 Å². The highest BCUT2D eigenvalue weighted by atomic mass is 35.5. The van der Waals surface area contributed by atoms with Crippen LogP contribution < -0.4 is 15.4 Å². The quantitative estimate of drug-likeness (QED) is 0.410. The van der Waals surface area contributed by atoms with E-state index in [2.05, 4.69) is 25.5 Å². The Morgan fingerprint density at radius 2 is 1.69 bits per heavy atom. The average Bonchev–Trinajstić information content (AvgIpc) is 3.28. The lowest BCUT2D eigenvalue weighted by atomic mass is 10.2. The van der Waals surface area contributed by atoms with E-state index >= 15 is 0 Å². The van der Waals surface area contributed by atoms with Gasteiger partial charge in [0, 0.05) is 34.7 Å². The highest BCUT2D eigenvalue weighted by Crippen LogP contribution is 2.25. The van der Waals surface area contributed by atoms with Crippen molar-refractivity contribution in [1.82, 2.24) is 14.9 Å². The van der Waals surface area contributed by atoms with Crippen LogP contribution in [-0.2, 0) is 0 Å². The van der Waals surface area contributed by atoms with Crippen molar-refractivity contribution in [1.29, 1.82) is 0 Å². The van der Waals surface area contributed by atoms with E-state index in [9.17, 15) is 0 Å². The summed E-state index contributed by atoms with van der Waals surface area (Å²) in [7, 11) is 0. The molecule has 2 heterocycles. The molecule has 8 heteroatoms. The Hall–Kier alpha value is -2.54. The molecule has 32 heavy (non-hydrogen) atoms. The molecule has 1 aliphatic rings. The van der Waals surface area contributed by atoms with E-state index in [1.54, 1.807) is 6.20 Å². The Morgan fingerprint density at radius 3 is 2.41 bits per heavy atom. The van der Waals surface area contributed by atoms with E-state index in [-0.39, 0.29) is 12.4 Å². The fourth-order valence-electron chi connectivity index (χ4n) is 3.55. The average molecular weight is 474 g/mol. The van der Waals surface area contributed by atoms with Crippen molar-refractivity contribution in [3.05, 3.63) is 64.8 Å². The van der Waals surface area contributed by atoms with Crippen LogP contribution in [0, 0.1) is 13.8 Å². The van der Waals surface area contributed by atoms with E-state index in [4.69, 9.17) is 16.3 Å². The summed E-state index contributed by atoms with van der Waals surface area (Å²) >= 11 is 6.12. The highest BCUT2D eigenvalue weighted by Gasteiger charge is 2.11. The van der Waals surface area contributed by atoms with Gasteiger partial charge in [0.15, 0.2) is 0 Å². The maximum atomic E-state index is 6.12. The number of rotatable bonds is 8. The van der Waals surface area contributed by atoms with Gasteiger partial charge in [0.2, 0.25) is 5.95 Å². The number of aromatic nitrogens is 2. The number of halogens is 2. The molecule has 170 valence electrons. The van der Waals surface area contributed by atoms with Crippen LogP contribution in [-0.4, -0.2) is 41.1 Å². The molecule has 2 N–H and O–H groups in total. The van der Waals surface area contributed by atoms with Crippen molar-refractivity contribution >= 4 is 47.1 Å². The van der Waals surface area contributed by atoms with Crippen molar-refractivity contribution in [2.45, 2.75) is 26.7 Å². The van der Waals surface area contributed by atoms with Gasteiger partial charge in [-0.2, -0.15) is 4.98 Å². The number of benzene rings is 2. The Kier molecular flexibility index (Phi) is 8.56. The summed E-state index contributed by atoms with van der Waals surface area (Å²) in [5, 5.41) is 7.35. The molecule has 0 radical (unpaired) electrons. The molecule has 1 aliphatic heterocycles. The number of likely N-dealkylation sites (tertiary alicyclic amines) is 1. The van der Waals surface area contributed by atoms with Crippen LogP contribution in [0.2, 0.25) is 5.02 Å². The van der Waals surface area contributed by atoms with E-state index in [0.717, 1.165) is 45.6 Å². The van der Waals surface area contributed by atoms with Crippen LogP contribution in [0.4, 0.5) is 23.1 Å². The van der Waals surface area contributed by atoms with E-state index in [1.165, 1.54) is 25.9 Å². The summed E-state index contributed by atoms with van der Waals surface area (Å²) in [6.45, 7) is 8.04. The van der Waals surface area contributed by atoms with Crippen molar-refractivity contribution < 1.29 is 4.74 Å². The molecule has 1 fully saturated rings. The predicted octanol–water partition coefficient (Wildman–Crippen LogP) is 6.13. The second kappa shape index (κ2) is 11.4. The minimum atomic E-state index is 0. The normalized spacial score (nSPS) is 13.5. The van der Waals surface area contributed by atoms with Crippen LogP contribution >= 0.6 is 24.0 Å². The molecule has 1 aromatic heterocycles. The van der Waals surface area contributed by atoms with Gasteiger partial charge in [-0.05, 0) is 87.8 Å². The molecular weight excluding hydrogens is 445 g/mol. The molecule has 0 bridgehead atoms. The molecule has 1 saturated heterocycles. The molecule has 0 amide bonds. The largest absolute Gasteiger partial charge is 0.492 e. The van der Waals surface area contributed by atoms with Crippen molar-refractivity contribution in [2.24, 2.45) is 0 Å². The topological polar surface area (TPSA) is 62.3 Å². The van der Waals surface area contributed by atoms with Crippen molar-refractivity contribution in [3.63, 3.8) is 0 Å². The second-order valence-corrected chi connectivity index (χ2v) is 8.27. The fraction of sp³-hybridized carbons (Fsp3) is 0.333. The SMILES string of the molecule is Cc1cc(Nc2nc(Nc3ccc(OCCN4CCCC4)cc3)ncc2C)ccc1Cl.Cl. The van der Waals surface area contributed by atoms with E-state index in [1.807, 2.05) is 56.3 Å². The number of hydrogen-bond acceptors (Lipinski definition) is 6. The third-order valence-electron chi connectivity index (χ3n) is 5.38. The Morgan fingerprint density at radius 1 is 0.969 bits per heavy atom.